The van der Waals surface area contributed by atoms with E-state index in [2.05, 4.69) is 27.4 Å². The Morgan fingerprint density at radius 1 is 1.24 bits per heavy atom. The molecule has 152 valence electrons. The highest BCUT2D eigenvalue weighted by Crippen LogP contribution is 2.31. The van der Waals surface area contributed by atoms with E-state index in [9.17, 15) is 4.79 Å². The van der Waals surface area contributed by atoms with Gasteiger partial charge in [0.05, 0.1) is 37.7 Å². The molecule has 0 spiro atoms. The standard InChI is InChI=1S/C22H27N5O2/c1-23-12-19-16-29-9-8-27(19)21-10-22(28)25(2)15-20(21)18-11-24-26(14-18)13-17-6-4-3-5-7-17/h3-7,10-11,14-15,19,23H,8-9,12-13,16H2,1-2H3. The number of aryl methyl sites for hydroxylation is 1. The van der Waals surface area contributed by atoms with Crippen molar-refractivity contribution in [1.29, 1.82) is 0 Å². The second-order valence-corrected chi connectivity index (χ2v) is 7.41. The van der Waals surface area contributed by atoms with Crippen molar-refractivity contribution in [2.45, 2.75) is 12.6 Å². The van der Waals surface area contributed by atoms with E-state index in [0.717, 1.165) is 29.9 Å². The van der Waals surface area contributed by atoms with Gasteiger partial charge < -0.3 is 19.5 Å². The van der Waals surface area contributed by atoms with E-state index in [0.29, 0.717) is 19.8 Å². The minimum Gasteiger partial charge on any atom is -0.377 e. The predicted octanol–water partition coefficient (Wildman–Crippen LogP) is 1.72. The highest BCUT2D eigenvalue weighted by Gasteiger charge is 2.26. The quantitative estimate of drug-likeness (QED) is 0.691. The first kappa shape index (κ1) is 19.4. The number of hydrogen-bond acceptors (Lipinski definition) is 5. The summed E-state index contributed by atoms with van der Waals surface area (Å²) in [6, 6.07) is 12.2. The molecule has 7 heteroatoms. The molecular formula is C22H27N5O2. The van der Waals surface area contributed by atoms with Crippen LogP contribution in [0.2, 0.25) is 0 Å². The van der Waals surface area contributed by atoms with Gasteiger partial charge >= 0.3 is 0 Å². The molecule has 1 aliphatic heterocycles. The SMILES string of the molecule is CNCC1COCCN1c1cc(=O)n(C)cc1-c1cnn(Cc2ccccc2)c1. The van der Waals surface area contributed by atoms with Gasteiger partial charge in [0, 0.05) is 49.7 Å². The minimum atomic E-state index is -0.0184. The molecule has 1 aromatic carbocycles. The van der Waals surface area contributed by atoms with Crippen molar-refractivity contribution in [2.75, 3.05) is 38.3 Å². The number of benzene rings is 1. The van der Waals surface area contributed by atoms with Crippen molar-refractivity contribution in [2.24, 2.45) is 7.05 Å². The van der Waals surface area contributed by atoms with Gasteiger partial charge in [-0.2, -0.15) is 5.10 Å². The molecule has 29 heavy (non-hydrogen) atoms. The van der Waals surface area contributed by atoms with Gasteiger partial charge in [-0.3, -0.25) is 9.48 Å². The van der Waals surface area contributed by atoms with Crippen LogP contribution in [0.25, 0.3) is 11.1 Å². The lowest BCUT2D eigenvalue weighted by atomic mass is 10.1. The Balaban J connectivity index is 1.70. The first-order valence-electron chi connectivity index (χ1n) is 9.92. The molecule has 3 aromatic rings. The number of pyridine rings is 1. The van der Waals surface area contributed by atoms with Crippen LogP contribution in [-0.4, -0.2) is 53.7 Å². The molecule has 1 saturated heterocycles. The molecule has 2 aromatic heterocycles. The number of rotatable bonds is 6. The van der Waals surface area contributed by atoms with E-state index in [-0.39, 0.29) is 11.6 Å². The van der Waals surface area contributed by atoms with Crippen LogP contribution >= 0.6 is 0 Å². The molecule has 4 rings (SSSR count). The Bertz CT molecular complexity index is 1010. The molecule has 1 unspecified atom stereocenters. The Hall–Kier alpha value is -2.90. The van der Waals surface area contributed by atoms with Crippen LogP contribution in [-0.2, 0) is 18.3 Å². The lowest BCUT2D eigenvalue weighted by Crippen LogP contribution is -2.50. The summed E-state index contributed by atoms with van der Waals surface area (Å²) in [5, 5.41) is 7.79. The fraction of sp³-hybridized carbons (Fsp3) is 0.364. The average molecular weight is 393 g/mol. The Kier molecular flexibility index (Phi) is 5.78. The van der Waals surface area contributed by atoms with Gasteiger partial charge in [-0.1, -0.05) is 30.3 Å². The molecule has 3 heterocycles. The summed E-state index contributed by atoms with van der Waals surface area (Å²) in [6.45, 7) is 3.55. The van der Waals surface area contributed by atoms with Crippen molar-refractivity contribution in [3.05, 3.63) is 70.9 Å². The average Bonchev–Trinajstić information content (AvgIpc) is 3.19. The molecule has 1 fully saturated rings. The van der Waals surface area contributed by atoms with Crippen molar-refractivity contribution in [3.63, 3.8) is 0 Å². The van der Waals surface area contributed by atoms with E-state index in [4.69, 9.17) is 4.74 Å². The fourth-order valence-corrected chi connectivity index (χ4v) is 3.82. The third kappa shape index (κ3) is 4.26. The van der Waals surface area contributed by atoms with Crippen molar-refractivity contribution in [1.82, 2.24) is 19.7 Å². The number of aromatic nitrogens is 3. The molecule has 1 atom stereocenters. The lowest BCUT2D eigenvalue weighted by Gasteiger charge is -2.38. The summed E-state index contributed by atoms with van der Waals surface area (Å²) in [5.74, 6) is 0. The lowest BCUT2D eigenvalue weighted by molar-refractivity contribution is 0.0944. The third-order valence-electron chi connectivity index (χ3n) is 5.31. The van der Waals surface area contributed by atoms with E-state index < -0.39 is 0 Å². The monoisotopic (exact) mass is 393 g/mol. The highest BCUT2D eigenvalue weighted by atomic mass is 16.5. The largest absolute Gasteiger partial charge is 0.377 e. The maximum absolute atomic E-state index is 12.4. The zero-order chi connectivity index (χ0) is 20.2. The molecule has 1 N–H and O–H groups in total. The predicted molar refractivity (Wildman–Crippen MR) is 114 cm³/mol. The van der Waals surface area contributed by atoms with Crippen LogP contribution < -0.4 is 15.8 Å². The number of nitrogens with zero attached hydrogens (tertiary/aromatic N) is 4. The number of morpholine rings is 1. The molecule has 0 radical (unpaired) electrons. The van der Waals surface area contributed by atoms with Crippen LogP contribution in [0.3, 0.4) is 0 Å². The van der Waals surface area contributed by atoms with Gasteiger partial charge in [-0.05, 0) is 12.6 Å². The summed E-state index contributed by atoms with van der Waals surface area (Å²) < 4.78 is 9.24. The second-order valence-electron chi connectivity index (χ2n) is 7.41. The Morgan fingerprint density at radius 2 is 2.07 bits per heavy atom. The zero-order valence-electron chi connectivity index (χ0n) is 16.9. The maximum Gasteiger partial charge on any atom is 0.252 e. The molecule has 0 aliphatic carbocycles. The van der Waals surface area contributed by atoms with Gasteiger partial charge in [0.15, 0.2) is 0 Å². The smallest absolute Gasteiger partial charge is 0.252 e. The first-order chi connectivity index (χ1) is 14.2. The van der Waals surface area contributed by atoms with E-state index in [1.54, 1.807) is 17.7 Å². The normalized spacial score (nSPS) is 16.9. The van der Waals surface area contributed by atoms with Gasteiger partial charge in [0.1, 0.15) is 0 Å². The van der Waals surface area contributed by atoms with Crippen LogP contribution in [0.1, 0.15) is 5.56 Å². The topological polar surface area (TPSA) is 64.3 Å². The third-order valence-corrected chi connectivity index (χ3v) is 5.31. The van der Waals surface area contributed by atoms with Gasteiger partial charge in [-0.25, -0.2) is 0 Å². The van der Waals surface area contributed by atoms with Crippen molar-refractivity contribution < 1.29 is 4.74 Å². The Morgan fingerprint density at radius 3 is 2.86 bits per heavy atom. The van der Waals surface area contributed by atoms with Gasteiger partial charge in [0.2, 0.25) is 0 Å². The first-order valence-corrected chi connectivity index (χ1v) is 9.92. The number of anilines is 1. The van der Waals surface area contributed by atoms with Crippen LogP contribution in [0, 0.1) is 0 Å². The minimum absolute atomic E-state index is 0.0184. The molecule has 0 saturated carbocycles. The molecule has 0 bridgehead atoms. The van der Waals surface area contributed by atoms with Crippen molar-refractivity contribution in [3.8, 4) is 11.1 Å². The van der Waals surface area contributed by atoms with E-state index in [1.807, 2.05) is 48.5 Å². The van der Waals surface area contributed by atoms with Crippen LogP contribution in [0.5, 0.6) is 0 Å². The highest BCUT2D eigenvalue weighted by molar-refractivity contribution is 5.77. The summed E-state index contributed by atoms with van der Waals surface area (Å²) in [4.78, 5) is 14.7. The van der Waals surface area contributed by atoms with Crippen LogP contribution in [0.15, 0.2) is 59.8 Å². The summed E-state index contributed by atoms with van der Waals surface area (Å²) in [6.07, 6.45) is 5.83. The van der Waals surface area contributed by atoms with Gasteiger partial charge in [0.25, 0.3) is 5.56 Å². The molecule has 7 nitrogen and oxygen atoms in total. The molecular weight excluding hydrogens is 366 g/mol. The van der Waals surface area contributed by atoms with E-state index in [1.165, 1.54) is 5.56 Å². The summed E-state index contributed by atoms with van der Waals surface area (Å²) >= 11 is 0. The molecule has 1 aliphatic rings. The summed E-state index contributed by atoms with van der Waals surface area (Å²) in [5.41, 5.74) is 4.13. The zero-order valence-corrected chi connectivity index (χ0v) is 16.9. The van der Waals surface area contributed by atoms with Gasteiger partial charge in [-0.15, -0.1) is 0 Å². The van der Waals surface area contributed by atoms with E-state index >= 15 is 0 Å². The number of ether oxygens (including phenoxy) is 1. The van der Waals surface area contributed by atoms with Crippen LogP contribution in [0.4, 0.5) is 5.69 Å². The molecule has 0 amide bonds. The second kappa shape index (κ2) is 8.63. The summed E-state index contributed by atoms with van der Waals surface area (Å²) in [7, 11) is 3.72. The Labute approximate surface area is 170 Å². The fourth-order valence-electron chi connectivity index (χ4n) is 3.82. The number of likely N-dealkylation sites (N-methyl/N-ethyl adjacent to an activating group) is 1. The number of nitrogens with one attached hydrogen (secondary N) is 1. The van der Waals surface area contributed by atoms with Crippen molar-refractivity contribution >= 4 is 5.69 Å². The number of hydrogen-bond donors (Lipinski definition) is 1. The maximum atomic E-state index is 12.4.